The van der Waals surface area contributed by atoms with Crippen LogP contribution in [0.1, 0.15) is 56.9 Å². The molecule has 2 amide bonds. The third kappa shape index (κ3) is 10.3. The number of nitrogens with zero attached hydrogens (tertiary/aromatic N) is 6. The summed E-state index contributed by atoms with van der Waals surface area (Å²) < 4.78 is 24.8. The molecule has 8 rings (SSSR count). The average Bonchev–Trinajstić information content (AvgIpc) is 3.93. The van der Waals surface area contributed by atoms with Gasteiger partial charge in [-0.15, -0.1) is 21.5 Å². The van der Waals surface area contributed by atoms with E-state index in [1.807, 2.05) is 66.1 Å². The normalized spacial score (nSPS) is 13.8. The van der Waals surface area contributed by atoms with Gasteiger partial charge in [-0.1, -0.05) is 29.8 Å². The summed E-state index contributed by atoms with van der Waals surface area (Å²) in [7, 11) is 0. The van der Waals surface area contributed by atoms with Gasteiger partial charge in [0.25, 0.3) is 0 Å². The SMILES string of the molecule is Cc1sc2c(c1C)C(c1ccc(Cl)cc1)=N[C@@H](CC(=O)Nc1ccc(OCCOCCOCCOCCNc3ccc(-c4ccc5c(c4)CC(=O)N5)c(C#N)n3)cc1)c1nnc(C)n1-2. The molecule has 0 fully saturated rings. The summed E-state index contributed by atoms with van der Waals surface area (Å²) in [5, 5.41) is 29.2. The van der Waals surface area contributed by atoms with Gasteiger partial charge in [-0.2, -0.15) is 5.26 Å². The minimum absolute atomic E-state index is 0.0341. The molecule has 0 saturated heterocycles. The van der Waals surface area contributed by atoms with Crippen molar-refractivity contribution in [1.82, 2.24) is 19.7 Å². The molecule has 0 radical (unpaired) electrons. The molecule has 3 aromatic heterocycles. The lowest BCUT2D eigenvalue weighted by Gasteiger charge is -2.13. The molecular formula is C47H46ClN9O6S. The molecule has 328 valence electrons. The van der Waals surface area contributed by atoms with E-state index in [-0.39, 0.29) is 18.2 Å². The highest BCUT2D eigenvalue weighted by Crippen LogP contribution is 2.40. The van der Waals surface area contributed by atoms with Gasteiger partial charge in [0.05, 0.1) is 58.2 Å². The quantitative estimate of drug-likeness (QED) is 0.0674. The lowest BCUT2D eigenvalue weighted by atomic mass is 9.99. The molecule has 2 aliphatic heterocycles. The lowest BCUT2D eigenvalue weighted by molar-refractivity contribution is -0.117. The summed E-state index contributed by atoms with van der Waals surface area (Å²) in [6.07, 6.45) is 0.393. The van der Waals surface area contributed by atoms with Crippen LogP contribution >= 0.6 is 22.9 Å². The van der Waals surface area contributed by atoms with Crippen molar-refractivity contribution in [2.75, 3.05) is 68.7 Å². The number of thiophene rings is 1. The van der Waals surface area contributed by atoms with E-state index >= 15 is 0 Å². The van der Waals surface area contributed by atoms with Crippen molar-refractivity contribution in [3.05, 3.63) is 128 Å². The molecule has 0 saturated carbocycles. The highest BCUT2D eigenvalue weighted by Gasteiger charge is 2.32. The Kier molecular flexibility index (Phi) is 14.0. The van der Waals surface area contributed by atoms with Crippen molar-refractivity contribution in [3.63, 3.8) is 0 Å². The molecule has 0 bridgehead atoms. The number of halogens is 1. The van der Waals surface area contributed by atoms with Crippen LogP contribution in [0.2, 0.25) is 5.02 Å². The molecule has 0 spiro atoms. The van der Waals surface area contributed by atoms with Gasteiger partial charge in [-0.3, -0.25) is 19.1 Å². The summed E-state index contributed by atoms with van der Waals surface area (Å²) in [5.41, 5.74) is 8.05. The van der Waals surface area contributed by atoms with Gasteiger partial charge in [-0.05, 0) is 98.1 Å². The van der Waals surface area contributed by atoms with Crippen molar-refractivity contribution >= 4 is 57.7 Å². The molecule has 64 heavy (non-hydrogen) atoms. The first-order valence-corrected chi connectivity index (χ1v) is 22.0. The number of fused-ring (bicyclic) bond motifs is 4. The standard InChI is InChI=1S/C47H46ClN9O6S/c1-28-29(2)64-47-44(28)45(31-4-7-34(48)8-5-31)54-39(46-56-55-30(3)57(46)47)26-43(59)51-35-9-11-36(12-10-35)63-23-22-62-21-20-61-19-18-60-17-16-50-41-15-13-37(40(27-49)52-41)32-6-14-38-33(24-32)25-42(58)53-38/h4-15,24,39H,16-23,25-26H2,1-3H3,(H,50,52)(H,51,59)(H,53,58)/t39-/m0/s1. The summed E-state index contributed by atoms with van der Waals surface area (Å²) in [4.78, 5) is 36.0. The number of nitrogens with one attached hydrogen (secondary N) is 3. The van der Waals surface area contributed by atoms with Crippen LogP contribution in [0.25, 0.3) is 16.1 Å². The van der Waals surface area contributed by atoms with Gasteiger partial charge >= 0.3 is 0 Å². The highest BCUT2D eigenvalue weighted by molar-refractivity contribution is 7.15. The summed E-state index contributed by atoms with van der Waals surface area (Å²) in [6, 6.07) is 25.7. The van der Waals surface area contributed by atoms with Crippen molar-refractivity contribution in [3.8, 4) is 27.9 Å². The molecule has 2 aliphatic rings. The minimum atomic E-state index is -0.577. The van der Waals surface area contributed by atoms with E-state index in [0.717, 1.165) is 50.0 Å². The van der Waals surface area contributed by atoms with Crippen LogP contribution in [-0.2, 0) is 30.2 Å². The van der Waals surface area contributed by atoms with Crippen LogP contribution in [0.4, 0.5) is 17.2 Å². The largest absolute Gasteiger partial charge is 0.491 e. The number of aromatic nitrogens is 4. The molecule has 0 aliphatic carbocycles. The number of hydrogen-bond acceptors (Lipinski definition) is 13. The van der Waals surface area contributed by atoms with Gasteiger partial charge in [0.1, 0.15) is 41.1 Å². The van der Waals surface area contributed by atoms with Crippen LogP contribution in [0.5, 0.6) is 5.75 Å². The van der Waals surface area contributed by atoms with E-state index in [2.05, 4.69) is 51.0 Å². The number of pyridine rings is 1. The number of carbonyl (C=O) groups excluding carboxylic acids is 2. The number of carbonyl (C=O) groups is 2. The number of amides is 2. The Hall–Kier alpha value is -6.48. The van der Waals surface area contributed by atoms with Crippen molar-refractivity contribution in [2.45, 2.75) is 39.7 Å². The first kappa shape index (κ1) is 44.1. The van der Waals surface area contributed by atoms with Crippen LogP contribution in [0, 0.1) is 32.1 Å². The summed E-state index contributed by atoms with van der Waals surface area (Å²) >= 11 is 7.91. The number of aliphatic imine (C=N–C) groups is 1. The number of aryl methyl sites for hydroxylation is 2. The third-order valence-electron chi connectivity index (χ3n) is 10.7. The zero-order valence-electron chi connectivity index (χ0n) is 35.6. The number of ether oxygens (including phenoxy) is 4. The van der Waals surface area contributed by atoms with Gasteiger partial charge < -0.3 is 34.9 Å². The average molecular weight is 900 g/mol. The second kappa shape index (κ2) is 20.4. The zero-order valence-corrected chi connectivity index (χ0v) is 37.1. The zero-order chi connectivity index (χ0) is 44.6. The highest BCUT2D eigenvalue weighted by atomic mass is 35.5. The Morgan fingerprint density at radius 1 is 0.906 bits per heavy atom. The van der Waals surface area contributed by atoms with Gasteiger partial charge in [0.2, 0.25) is 11.8 Å². The van der Waals surface area contributed by atoms with Crippen molar-refractivity contribution in [2.24, 2.45) is 4.99 Å². The predicted octanol–water partition coefficient (Wildman–Crippen LogP) is 7.80. The summed E-state index contributed by atoms with van der Waals surface area (Å²) in [5.74, 6) is 2.33. The Labute approximate surface area is 379 Å². The fourth-order valence-electron chi connectivity index (χ4n) is 7.44. The second-order valence-corrected chi connectivity index (χ2v) is 16.7. The van der Waals surface area contributed by atoms with Crippen molar-refractivity contribution in [1.29, 1.82) is 5.26 Å². The second-order valence-electron chi connectivity index (χ2n) is 15.1. The molecule has 0 unspecified atom stereocenters. The lowest BCUT2D eigenvalue weighted by Crippen LogP contribution is -2.17. The molecule has 6 aromatic rings. The number of anilines is 3. The first-order valence-electron chi connectivity index (χ1n) is 20.9. The maximum Gasteiger partial charge on any atom is 0.228 e. The third-order valence-corrected chi connectivity index (χ3v) is 12.2. The van der Waals surface area contributed by atoms with E-state index < -0.39 is 6.04 Å². The molecule has 3 N–H and O–H groups in total. The van der Waals surface area contributed by atoms with Crippen LogP contribution in [0.3, 0.4) is 0 Å². The Morgan fingerprint density at radius 3 is 2.38 bits per heavy atom. The van der Waals surface area contributed by atoms with Gasteiger partial charge in [0, 0.05) is 44.5 Å². The van der Waals surface area contributed by atoms with Crippen molar-refractivity contribution < 1.29 is 28.5 Å². The number of benzene rings is 3. The Bertz CT molecular complexity index is 2730. The summed E-state index contributed by atoms with van der Waals surface area (Å²) in [6.45, 7) is 9.45. The van der Waals surface area contributed by atoms with Crippen LogP contribution < -0.4 is 20.7 Å². The van der Waals surface area contributed by atoms with E-state index in [4.69, 9.17) is 35.5 Å². The predicted molar refractivity (Wildman–Crippen MR) is 246 cm³/mol. The number of rotatable bonds is 19. The Balaban J connectivity index is 0.711. The van der Waals surface area contributed by atoms with Crippen LogP contribution in [0.15, 0.2) is 83.9 Å². The topological polar surface area (TPSA) is 187 Å². The molecule has 17 heteroatoms. The molecule has 5 heterocycles. The number of hydrogen-bond donors (Lipinski definition) is 3. The maximum atomic E-state index is 13.5. The Morgan fingerprint density at radius 2 is 1.62 bits per heavy atom. The fraction of sp³-hybridized carbons (Fsp3) is 0.298. The molecular weight excluding hydrogens is 854 g/mol. The molecule has 3 aromatic carbocycles. The maximum absolute atomic E-state index is 13.5. The van der Waals surface area contributed by atoms with Gasteiger partial charge in [0.15, 0.2) is 11.5 Å². The monoisotopic (exact) mass is 899 g/mol. The van der Waals surface area contributed by atoms with E-state index in [0.29, 0.717) is 98.6 Å². The first-order chi connectivity index (χ1) is 31.1. The molecule has 15 nitrogen and oxygen atoms in total. The van der Waals surface area contributed by atoms with E-state index in [1.165, 1.54) is 4.88 Å². The fourth-order valence-corrected chi connectivity index (χ4v) is 8.78. The number of nitriles is 1. The van der Waals surface area contributed by atoms with Crippen LogP contribution in [-0.4, -0.2) is 90.1 Å². The smallest absolute Gasteiger partial charge is 0.228 e. The minimum Gasteiger partial charge on any atom is -0.491 e. The molecule has 1 atom stereocenters. The van der Waals surface area contributed by atoms with E-state index in [9.17, 15) is 14.9 Å². The van der Waals surface area contributed by atoms with Gasteiger partial charge in [-0.25, -0.2) is 4.98 Å². The van der Waals surface area contributed by atoms with E-state index in [1.54, 1.807) is 35.6 Å².